The molecular formula is C110H118Br3N23O10. The SMILES string of the molecule is CC(=O)c1nn(CC(=O)N2[C@H]3C[C@]4(C[C@@H]24)CN(C)CCCCCCCc2ccc(Br)nc2CC3=O)c2c(C)cc(-c3cnc(C)nc3)cc12.CC(=O)c1nn(CC(=O)N2[C@H]3C[C@]4(C[C@@H]24)CN(C)CCCCCCc2ccc(Br)nc2CC3=O)c2c(C)cc(-c3cnc(C)nc3)cc12.CC(=O)c1nn(CC(=O)N2[C@H]3C[C@]4(C[C@@H]24)Cn2ccc(n2)/C=C\COCc2ccc(Br)nc2CC3=O)c2cnc(-c3cnc(C)nc3)cc12. The fourth-order valence-corrected chi connectivity index (χ4v) is 24.7. The van der Waals surface area contributed by atoms with E-state index in [9.17, 15) is 43.2 Å². The molecule has 6 aliphatic heterocycles. The lowest BCUT2D eigenvalue weighted by Gasteiger charge is -2.27. The second kappa shape index (κ2) is 41.6. The molecule has 2 aromatic carbocycles. The number of rotatable bonds is 12. The van der Waals surface area contributed by atoms with E-state index < -0.39 is 18.1 Å². The number of ketones is 6. The van der Waals surface area contributed by atoms with Gasteiger partial charge in [-0.2, -0.15) is 20.4 Å². The fourth-order valence-electron chi connectivity index (χ4n) is 23.7. The summed E-state index contributed by atoms with van der Waals surface area (Å²) in [6, 6.07) is 21.6. The van der Waals surface area contributed by atoms with E-state index >= 15 is 0 Å². The predicted molar refractivity (Wildman–Crippen MR) is 559 cm³/mol. The van der Waals surface area contributed by atoms with E-state index in [2.05, 4.69) is 129 Å². The van der Waals surface area contributed by atoms with Crippen LogP contribution < -0.4 is 0 Å². The number of carbonyl (C=O) groups is 9. The van der Waals surface area contributed by atoms with E-state index in [1.807, 2.05) is 115 Å². The van der Waals surface area contributed by atoms with Crippen LogP contribution in [0, 0.1) is 50.9 Å². The van der Waals surface area contributed by atoms with Crippen LogP contribution in [0.2, 0.25) is 0 Å². The van der Waals surface area contributed by atoms with Crippen molar-refractivity contribution < 1.29 is 47.9 Å². The van der Waals surface area contributed by atoms with Gasteiger partial charge in [-0.05, 0) is 286 Å². The van der Waals surface area contributed by atoms with Crippen LogP contribution in [0.5, 0.6) is 0 Å². The number of halogens is 3. The second-order valence-electron chi connectivity index (χ2n) is 41.7. The maximum Gasteiger partial charge on any atom is 0.245 e. The number of Topliss-reactive ketones (excluding diaryl/α,β-unsaturated/α-hetero) is 6. The van der Waals surface area contributed by atoms with Crippen LogP contribution in [0.3, 0.4) is 0 Å². The van der Waals surface area contributed by atoms with Gasteiger partial charge in [0.15, 0.2) is 34.7 Å². The quantitative estimate of drug-likeness (QED) is 0.0809. The summed E-state index contributed by atoms with van der Waals surface area (Å²) in [5, 5.41) is 20.7. The van der Waals surface area contributed by atoms with Crippen molar-refractivity contribution in [3.63, 3.8) is 0 Å². The first kappa shape index (κ1) is 101. The highest BCUT2D eigenvalue weighted by molar-refractivity contribution is 9.11. The number of hydrogen-bond acceptors (Lipinski definition) is 26. The van der Waals surface area contributed by atoms with Gasteiger partial charge in [-0.25, -0.2) is 44.9 Å². The summed E-state index contributed by atoms with van der Waals surface area (Å²) in [6.45, 7) is 18.6. The highest BCUT2D eigenvalue weighted by Gasteiger charge is 2.70. The highest BCUT2D eigenvalue weighted by atomic mass is 79.9. The van der Waals surface area contributed by atoms with Gasteiger partial charge in [0.1, 0.15) is 68.0 Å². The molecule has 754 valence electrons. The van der Waals surface area contributed by atoms with Gasteiger partial charge in [-0.3, -0.25) is 66.9 Å². The largest absolute Gasteiger partial charge is 0.373 e. The van der Waals surface area contributed by atoms with Crippen molar-refractivity contribution in [2.75, 3.05) is 46.9 Å². The van der Waals surface area contributed by atoms with Crippen molar-refractivity contribution in [3.05, 3.63) is 227 Å². The van der Waals surface area contributed by atoms with Crippen LogP contribution in [0.25, 0.3) is 72.3 Å². The molecule has 22 rings (SSSR count). The van der Waals surface area contributed by atoms with E-state index in [-0.39, 0.29) is 131 Å². The number of amides is 3. The molecule has 8 bridgehead atoms. The van der Waals surface area contributed by atoms with Gasteiger partial charge >= 0.3 is 0 Å². The van der Waals surface area contributed by atoms with Gasteiger partial charge in [0.25, 0.3) is 0 Å². The van der Waals surface area contributed by atoms with E-state index in [1.54, 1.807) is 70.6 Å². The van der Waals surface area contributed by atoms with Gasteiger partial charge in [0.05, 0.1) is 102 Å². The molecule has 6 fully saturated rings. The van der Waals surface area contributed by atoms with Crippen molar-refractivity contribution in [2.45, 2.75) is 253 Å². The smallest absolute Gasteiger partial charge is 0.245 e. The molecule has 3 amide bonds. The van der Waals surface area contributed by atoms with E-state index in [0.29, 0.717) is 120 Å². The van der Waals surface area contributed by atoms with Crippen molar-refractivity contribution in [2.24, 2.45) is 16.2 Å². The molecule has 3 aliphatic carbocycles. The zero-order chi connectivity index (χ0) is 102. The molecule has 9 atom stereocenters. The van der Waals surface area contributed by atoms with E-state index in [4.69, 9.17) is 30.0 Å². The van der Waals surface area contributed by atoms with Crippen molar-refractivity contribution in [1.82, 2.24) is 113 Å². The number of aryl methyl sites for hydroxylation is 7. The number of carbonyl (C=O) groups excluding carboxylic acids is 9. The molecule has 9 aliphatic rings. The summed E-state index contributed by atoms with van der Waals surface area (Å²) >= 11 is 10.5. The Morgan fingerprint density at radius 1 is 0.411 bits per heavy atom. The Morgan fingerprint density at radius 2 is 0.801 bits per heavy atom. The minimum Gasteiger partial charge on any atom is -0.373 e. The number of likely N-dealkylation sites (tertiary alicyclic amines) is 3. The first-order valence-corrected chi connectivity index (χ1v) is 53.0. The topological polar surface area (TPSA) is 379 Å². The summed E-state index contributed by atoms with van der Waals surface area (Å²) in [5.41, 5.74) is 15.1. The molecule has 3 saturated carbocycles. The van der Waals surface area contributed by atoms with Gasteiger partial charge in [0, 0.05) is 151 Å². The number of pyridine rings is 4. The van der Waals surface area contributed by atoms with Crippen LogP contribution >= 0.6 is 47.8 Å². The van der Waals surface area contributed by atoms with Crippen LogP contribution in [-0.2, 0) is 98.4 Å². The Hall–Kier alpha value is -12.6. The maximum atomic E-state index is 14.5. The average Bonchev–Trinajstić information content (AvgIpc) is 1.54. The number of hydrogen-bond donors (Lipinski definition) is 0. The van der Waals surface area contributed by atoms with Crippen molar-refractivity contribution in [1.29, 1.82) is 0 Å². The zero-order valence-electron chi connectivity index (χ0n) is 83.9. The van der Waals surface area contributed by atoms with Gasteiger partial charge in [0.2, 0.25) is 17.7 Å². The van der Waals surface area contributed by atoms with E-state index in [0.717, 1.165) is 169 Å². The molecular weight excluding hydrogens is 2040 g/mol. The monoisotopic (exact) mass is 2160 g/mol. The third kappa shape index (κ3) is 21.0. The first-order valence-electron chi connectivity index (χ1n) is 50.6. The predicted octanol–water partition coefficient (Wildman–Crippen LogP) is 15.9. The molecule has 3 spiro atoms. The lowest BCUT2D eigenvalue weighted by molar-refractivity contribution is -0.139. The Morgan fingerprint density at radius 3 is 1.25 bits per heavy atom. The maximum absolute atomic E-state index is 14.5. The van der Waals surface area contributed by atoms with Crippen LogP contribution in [0.4, 0.5) is 0 Å². The summed E-state index contributed by atoms with van der Waals surface area (Å²) in [6.07, 6.45) is 34.8. The Balaban J connectivity index is 0.000000133. The molecule has 0 N–H and O–H groups in total. The number of nitrogens with zero attached hydrogens (tertiary/aromatic N) is 23. The number of aromatic nitrogens is 18. The summed E-state index contributed by atoms with van der Waals surface area (Å²) in [7, 11) is 4.34. The minimum absolute atomic E-state index is 0.00497. The summed E-state index contributed by atoms with van der Waals surface area (Å²) in [5.74, 6) is 0.888. The van der Waals surface area contributed by atoms with Crippen LogP contribution in [-0.4, -0.2) is 249 Å². The molecule has 0 radical (unpaired) electrons. The van der Waals surface area contributed by atoms with Crippen LogP contribution in [0.1, 0.15) is 217 Å². The lowest BCUT2D eigenvalue weighted by Crippen LogP contribution is -2.45. The fraction of sp³-hybridized carbons (Fsp3) is 0.445. The van der Waals surface area contributed by atoms with E-state index in [1.165, 1.54) is 51.1 Å². The first-order chi connectivity index (χ1) is 70.2. The normalized spacial score (nSPS) is 23.1. The lowest BCUT2D eigenvalue weighted by atomic mass is 9.93. The number of benzene rings is 2. The molecule has 13 aromatic rings. The molecule has 3 saturated heterocycles. The van der Waals surface area contributed by atoms with Crippen LogP contribution in [0.15, 0.2) is 142 Å². The van der Waals surface area contributed by atoms with Gasteiger partial charge in [-0.1, -0.05) is 56.4 Å². The highest BCUT2D eigenvalue weighted by Crippen LogP contribution is 2.63. The molecule has 36 heteroatoms. The standard InChI is InChI=1S/C38H44BrN7O3.C37H42BrN7O3.C35H32BrN9O4/c1-23-14-27(28-19-40-25(3)41-20-28)15-29-36(24(2)47)43-45(37(23)29)21-35(49)46-31-17-38(18-33(38)46)22-44(4)13-9-7-5-6-8-10-26-11-12-34(39)42-30(26)16-32(31)48;1-22-13-26(27-18-39-24(3)40-19-27)14-28-35(23(2)46)42-44(36(22)28)20-34(48)45-30-16-37(17-32(37)45)21-43(4)12-8-6-5-7-9-25-10-11-33(38)41-29(25)15-31(30)47;1-20(46)34-25-10-26(23-14-37-21(2)38-15-23)39-16-29(25)44(42-34)17-33(48)45-28-12-35(13-31(35)45)19-43-8-7-24(41-43)4-3-9-49-18-22-5-6-32(36)40-27(22)11-30(28)47/h11-12,14-15,19-20,31,33H,5-10,13,16-18,21-22H2,1-4H3;10-11,13-14,18-19,30,32H,5-9,12,15-17,20-21H2,1-4H3;3-8,10,14-16,28,31H,9,11-13,17-19H2,1-2H3/b;;4-3-/t31-,33+,38-;30-,32+,37-;28-,31+,35-/m000/s1. The number of fused-ring (bicyclic) bond motifs is 11. The van der Waals surface area contributed by atoms with Crippen molar-refractivity contribution >= 4 is 139 Å². The Labute approximate surface area is 871 Å². The summed E-state index contributed by atoms with van der Waals surface area (Å²) in [4.78, 5) is 179. The zero-order valence-corrected chi connectivity index (χ0v) is 88.6. The van der Waals surface area contributed by atoms with Crippen molar-refractivity contribution in [3.8, 4) is 33.5 Å². The third-order valence-electron chi connectivity index (χ3n) is 31.0. The molecule has 11 aromatic heterocycles. The van der Waals surface area contributed by atoms with Gasteiger partial charge in [-0.15, -0.1) is 0 Å². The van der Waals surface area contributed by atoms with Gasteiger partial charge < -0.3 is 29.2 Å². The Bertz CT molecular complexity index is 7400. The average molecular weight is 2160 g/mol. The minimum atomic E-state index is -0.649. The number of ether oxygens (including phenoxy) is 1. The molecule has 146 heavy (non-hydrogen) atoms. The molecule has 0 unspecified atom stereocenters. The Kier molecular flexibility index (Phi) is 28.7. The third-order valence-corrected chi connectivity index (χ3v) is 32.3. The second-order valence-corrected chi connectivity index (χ2v) is 44.1. The molecule has 33 nitrogen and oxygen atoms in total. The number of piperidine rings is 3. The molecule has 17 heterocycles. The summed E-state index contributed by atoms with van der Waals surface area (Å²) < 4.78 is 14.7.